The van der Waals surface area contributed by atoms with Crippen LogP contribution < -0.4 is 0 Å². The summed E-state index contributed by atoms with van der Waals surface area (Å²) in [5.74, 6) is 1.46. The van der Waals surface area contributed by atoms with Gasteiger partial charge in [0.2, 0.25) is 0 Å². The van der Waals surface area contributed by atoms with Crippen LogP contribution in [0.15, 0.2) is 11.6 Å². The molecule has 0 heterocycles. The predicted octanol–water partition coefficient (Wildman–Crippen LogP) is 3.01. The van der Waals surface area contributed by atoms with E-state index in [2.05, 4.69) is 26.8 Å². The highest BCUT2D eigenvalue weighted by molar-refractivity contribution is 5.08. The molecule has 0 aromatic heterocycles. The maximum absolute atomic E-state index is 5.46. The Balaban J connectivity index is 2.66. The number of hydrogen-bond acceptors (Lipinski definition) is 1. The number of hydrogen-bond donors (Lipinski definition) is 0. The van der Waals surface area contributed by atoms with E-state index in [1.54, 1.807) is 0 Å². The van der Waals surface area contributed by atoms with Crippen molar-refractivity contribution in [2.45, 2.75) is 39.7 Å². The fraction of sp³-hybridized carbons (Fsp3) is 0.818. The molecule has 2 unspecified atom stereocenters. The molecule has 0 spiro atoms. The highest BCUT2D eigenvalue weighted by Crippen LogP contribution is 2.30. The van der Waals surface area contributed by atoms with Crippen LogP contribution in [-0.2, 0) is 4.74 Å². The first-order valence-electron chi connectivity index (χ1n) is 4.85. The van der Waals surface area contributed by atoms with Crippen molar-refractivity contribution in [3.8, 4) is 0 Å². The molecule has 0 saturated heterocycles. The largest absolute Gasteiger partial charge is 0.377 e. The summed E-state index contributed by atoms with van der Waals surface area (Å²) in [6.45, 7) is 6.76. The molecule has 12 heavy (non-hydrogen) atoms. The van der Waals surface area contributed by atoms with Crippen LogP contribution in [0.2, 0.25) is 0 Å². The van der Waals surface area contributed by atoms with Crippen LogP contribution in [0, 0.1) is 11.8 Å². The van der Waals surface area contributed by atoms with Crippen molar-refractivity contribution in [3.05, 3.63) is 11.6 Å². The average molecular weight is 168 g/mol. The highest BCUT2D eigenvalue weighted by Gasteiger charge is 2.25. The lowest BCUT2D eigenvalue weighted by Gasteiger charge is -2.31. The summed E-state index contributed by atoms with van der Waals surface area (Å²) in [5.41, 5.74) is 1.48. The standard InChI is InChI=1S/C11H20O/c1-8(2)10-6-5-9(3)7-11(10)12-4/h7-8,10-11H,5-6H2,1-4H3. The molecule has 70 valence electrons. The molecule has 1 rings (SSSR count). The van der Waals surface area contributed by atoms with Gasteiger partial charge in [0.05, 0.1) is 6.10 Å². The van der Waals surface area contributed by atoms with Gasteiger partial charge < -0.3 is 4.74 Å². The van der Waals surface area contributed by atoms with E-state index in [-0.39, 0.29) is 0 Å². The number of methoxy groups -OCH3 is 1. The highest BCUT2D eigenvalue weighted by atomic mass is 16.5. The Morgan fingerprint density at radius 1 is 1.50 bits per heavy atom. The maximum atomic E-state index is 5.46. The lowest BCUT2D eigenvalue weighted by Crippen LogP contribution is -2.28. The fourth-order valence-electron chi connectivity index (χ4n) is 2.00. The van der Waals surface area contributed by atoms with Crippen molar-refractivity contribution in [2.75, 3.05) is 7.11 Å². The van der Waals surface area contributed by atoms with Crippen LogP contribution in [0.1, 0.15) is 33.6 Å². The summed E-state index contributed by atoms with van der Waals surface area (Å²) in [6, 6.07) is 0. The Bertz CT molecular complexity index is 170. The van der Waals surface area contributed by atoms with Crippen molar-refractivity contribution in [1.29, 1.82) is 0 Å². The zero-order valence-electron chi connectivity index (χ0n) is 8.63. The second kappa shape index (κ2) is 4.08. The van der Waals surface area contributed by atoms with Crippen molar-refractivity contribution in [1.82, 2.24) is 0 Å². The van der Waals surface area contributed by atoms with E-state index in [4.69, 9.17) is 4.74 Å². The zero-order chi connectivity index (χ0) is 9.14. The molecule has 1 nitrogen and oxygen atoms in total. The van der Waals surface area contributed by atoms with Gasteiger partial charge in [-0.15, -0.1) is 0 Å². The fourth-order valence-corrected chi connectivity index (χ4v) is 2.00. The summed E-state index contributed by atoms with van der Waals surface area (Å²) < 4.78 is 5.46. The average Bonchev–Trinajstić information content (AvgIpc) is 2.03. The van der Waals surface area contributed by atoms with Gasteiger partial charge in [-0.1, -0.05) is 25.5 Å². The Morgan fingerprint density at radius 3 is 2.67 bits per heavy atom. The molecule has 0 bridgehead atoms. The van der Waals surface area contributed by atoms with Gasteiger partial charge in [0.1, 0.15) is 0 Å². The molecule has 0 aliphatic heterocycles. The molecule has 0 N–H and O–H groups in total. The van der Waals surface area contributed by atoms with Crippen molar-refractivity contribution in [3.63, 3.8) is 0 Å². The van der Waals surface area contributed by atoms with Crippen LogP contribution in [0.5, 0.6) is 0 Å². The van der Waals surface area contributed by atoms with Gasteiger partial charge in [-0.2, -0.15) is 0 Å². The molecule has 1 aliphatic rings. The van der Waals surface area contributed by atoms with E-state index in [1.807, 2.05) is 7.11 Å². The third kappa shape index (κ3) is 2.10. The second-order valence-corrected chi connectivity index (χ2v) is 4.16. The molecule has 0 aromatic rings. The number of ether oxygens (including phenoxy) is 1. The van der Waals surface area contributed by atoms with E-state index in [9.17, 15) is 0 Å². The predicted molar refractivity (Wildman–Crippen MR) is 52.1 cm³/mol. The molecule has 0 fully saturated rings. The molecule has 2 atom stereocenters. The maximum Gasteiger partial charge on any atom is 0.0785 e. The second-order valence-electron chi connectivity index (χ2n) is 4.16. The Kier molecular flexibility index (Phi) is 3.33. The van der Waals surface area contributed by atoms with E-state index < -0.39 is 0 Å². The first-order valence-corrected chi connectivity index (χ1v) is 4.85. The monoisotopic (exact) mass is 168 g/mol. The van der Waals surface area contributed by atoms with Crippen LogP contribution in [0.3, 0.4) is 0 Å². The Labute approximate surface area is 75.8 Å². The summed E-state index contributed by atoms with van der Waals surface area (Å²) in [7, 11) is 1.81. The van der Waals surface area contributed by atoms with Crippen molar-refractivity contribution in [2.24, 2.45) is 11.8 Å². The lowest BCUT2D eigenvalue weighted by molar-refractivity contribution is 0.0584. The molecule has 1 heteroatoms. The SMILES string of the molecule is COC1C=C(C)CCC1C(C)C. The smallest absolute Gasteiger partial charge is 0.0785 e. The van der Waals surface area contributed by atoms with Gasteiger partial charge >= 0.3 is 0 Å². The minimum Gasteiger partial charge on any atom is -0.377 e. The molecular formula is C11H20O. The van der Waals surface area contributed by atoms with Gasteiger partial charge in [-0.3, -0.25) is 0 Å². The minimum absolute atomic E-state index is 0.360. The summed E-state index contributed by atoms with van der Waals surface area (Å²) in [4.78, 5) is 0. The molecule has 0 radical (unpaired) electrons. The molecule has 1 aliphatic carbocycles. The summed E-state index contributed by atoms with van der Waals surface area (Å²) >= 11 is 0. The van der Waals surface area contributed by atoms with Gasteiger partial charge in [-0.05, 0) is 31.6 Å². The van der Waals surface area contributed by atoms with Gasteiger partial charge in [0.15, 0.2) is 0 Å². The zero-order valence-corrected chi connectivity index (χ0v) is 8.63. The van der Waals surface area contributed by atoms with E-state index in [1.165, 1.54) is 18.4 Å². The molecular weight excluding hydrogens is 148 g/mol. The third-order valence-electron chi connectivity index (χ3n) is 2.87. The lowest BCUT2D eigenvalue weighted by atomic mass is 9.80. The first-order chi connectivity index (χ1) is 5.65. The van der Waals surface area contributed by atoms with Crippen molar-refractivity contribution < 1.29 is 4.74 Å². The number of rotatable bonds is 2. The van der Waals surface area contributed by atoms with Gasteiger partial charge in [-0.25, -0.2) is 0 Å². The topological polar surface area (TPSA) is 9.23 Å². The van der Waals surface area contributed by atoms with Gasteiger partial charge in [0.25, 0.3) is 0 Å². The third-order valence-corrected chi connectivity index (χ3v) is 2.87. The van der Waals surface area contributed by atoms with Crippen LogP contribution in [-0.4, -0.2) is 13.2 Å². The van der Waals surface area contributed by atoms with Crippen molar-refractivity contribution >= 4 is 0 Å². The Morgan fingerprint density at radius 2 is 2.17 bits per heavy atom. The van der Waals surface area contributed by atoms with Crippen LogP contribution in [0.25, 0.3) is 0 Å². The Hall–Kier alpha value is -0.300. The molecule has 0 amide bonds. The van der Waals surface area contributed by atoms with Gasteiger partial charge in [0, 0.05) is 7.11 Å². The number of allylic oxidation sites excluding steroid dienone is 1. The summed E-state index contributed by atoms with van der Waals surface area (Å²) in [5, 5.41) is 0. The van der Waals surface area contributed by atoms with Crippen LogP contribution >= 0.6 is 0 Å². The molecule has 0 aromatic carbocycles. The van der Waals surface area contributed by atoms with E-state index in [0.29, 0.717) is 6.10 Å². The van der Waals surface area contributed by atoms with E-state index >= 15 is 0 Å². The normalized spacial score (nSPS) is 30.6. The minimum atomic E-state index is 0.360. The van der Waals surface area contributed by atoms with E-state index in [0.717, 1.165) is 11.8 Å². The van der Waals surface area contributed by atoms with Crippen LogP contribution in [0.4, 0.5) is 0 Å². The molecule has 0 saturated carbocycles. The quantitative estimate of drug-likeness (QED) is 0.576. The first kappa shape index (κ1) is 9.79. The summed E-state index contributed by atoms with van der Waals surface area (Å²) in [6.07, 6.45) is 5.19.